The normalized spacial score (nSPS) is 11.1. The minimum Gasteiger partial charge on any atom is -0.488 e. The van der Waals surface area contributed by atoms with Gasteiger partial charge in [0.25, 0.3) is 0 Å². The molecule has 0 spiro atoms. The number of thiazole rings is 1. The summed E-state index contributed by atoms with van der Waals surface area (Å²) >= 11 is 1.40. The largest absolute Gasteiger partial charge is 0.488 e. The Bertz CT molecular complexity index is 988. The number of ether oxygens (including phenoxy) is 1. The molecule has 0 aliphatic carbocycles. The molecule has 0 atom stereocenters. The first-order valence-corrected chi connectivity index (χ1v) is 10.0. The van der Waals surface area contributed by atoms with Gasteiger partial charge in [-0.25, -0.2) is 0 Å². The topological polar surface area (TPSA) is 67.1 Å². The molecular formula is C21H25N3O2S. The van der Waals surface area contributed by atoms with Crippen LogP contribution in [0.25, 0.3) is 10.2 Å². The van der Waals surface area contributed by atoms with Crippen molar-refractivity contribution in [2.45, 2.75) is 46.3 Å². The molecule has 142 valence electrons. The van der Waals surface area contributed by atoms with Crippen LogP contribution in [0.5, 0.6) is 5.75 Å². The Kier molecular flexibility index (Phi) is 5.96. The smallest absolute Gasteiger partial charge is 0.221 e. The zero-order valence-electron chi connectivity index (χ0n) is 15.9. The molecule has 1 aromatic heterocycles. The van der Waals surface area contributed by atoms with Crippen LogP contribution in [0.15, 0.2) is 42.5 Å². The second kappa shape index (κ2) is 8.39. The number of hydrogen-bond donors (Lipinski definition) is 2. The molecule has 0 saturated carbocycles. The third-order valence-corrected chi connectivity index (χ3v) is 5.46. The molecule has 6 heteroatoms. The summed E-state index contributed by atoms with van der Waals surface area (Å²) in [5, 5.41) is 11.3. The molecule has 0 bridgehead atoms. The Balaban J connectivity index is 2.09. The highest BCUT2D eigenvalue weighted by Crippen LogP contribution is 2.33. The predicted molar refractivity (Wildman–Crippen MR) is 111 cm³/mol. The summed E-state index contributed by atoms with van der Waals surface area (Å²) in [6.07, 6.45) is 1.88. The van der Waals surface area contributed by atoms with E-state index in [4.69, 9.17) is 10.1 Å². The first-order chi connectivity index (χ1) is 13.0. The van der Waals surface area contributed by atoms with E-state index < -0.39 is 0 Å². The van der Waals surface area contributed by atoms with Crippen LogP contribution in [0.2, 0.25) is 0 Å². The number of rotatable bonds is 7. The SMILES string of the molecule is CCC(CC)Oc1cc2c(cc1NC(C)=O)sc(=N)n2Cc1ccccc1. The van der Waals surface area contributed by atoms with E-state index in [2.05, 4.69) is 31.3 Å². The van der Waals surface area contributed by atoms with Crippen molar-refractivity contribution in [3.8, 4) is 5.75 Å². The number of carbonyl (C=O) groups excluding carboxylic acids is 1. The molecule has 0 unspecified atom stereocenters. The second-order valence-corrected chi connectivity index (χ2v) is 7.56. The highest BCUT2D eigenvalue weighted by Gasteiger charge is 2.15. The fourth-order valence-corrected chi connectivity index (χ4v) is 3.99. The van der Waals surface area contributed by atoms with Crippen LogP contribution in [0, 0.1) is 5.41 Å². The number of carbonyl (C=O) groups is 1. The Morgan fingerprint density at radius 3 is 2.56 bits per heavy atom. The maximum atomic E-state index is 11.6. The van der Waals surface area contributed by atoms with Crippen molar-refractivity contribution >= 4 is 33.1 Å². The van der Waals surface area contributed by atoms with Crippen molar-refractivity contribution in [2.24, 2.45) is 0 Å². The molecule has 2 N–H and O–H groups in total. The van der Waals surface area contributed by atoms with Crippen LogP contribution in [-0.2, 0) is 11.3 Å². The zero-order valence-corrected chi connectivity index (χ0v) is 16.7. The number of fused-ring (bicyclic) bond motifs is 1. The molecule has 0 saturated heterocycles. The molecular weight excluding hydrogens is 358 g/mol. The summed E-state index contributed by atoms with van der Waals surface area (Å²) < 4.78 is 9.12. The van der Waals surface area contributed by atoms with Gasteiger partial charge in [-0.2, -0.15) is 0 Å². The first-order valence-electron chi connectivity index (χ1n) is 9.22. The Morgan fingerprint density at radius 2 is 1.93 bits per heavy atom. The lowest BCUT2D eigenvalue weighted by molar-refractivity contribution is -0.114. The fourth-order valence-electron chi connectivity index (χ4n) is 3.05. The van der Waals surface area contributed by atoms with Gasteiger partial charge in [0.15, 0.2) is 4.80 Å². The number of amides is 1. The van der Waals surface area contributed by atoms with Crippen molar-refractivity contribution in [2.75, 3.05) is 5.32 Å². The molecule has 3 rings (SSSR count). The molecule has 27 heavy (non-hydrogen) atoms. The van der Waals surface area contributed by atoms with E-state index in [-0.39, 0.29) is 12.0 Å². The lowest BCUT2D eigenvalue weighted by Gasteiger charge is -2.19. The third-order valence-electron chi connectivity index (χ3n) is 4.50. The summed E-state index contributed by atoms with van der Waals surface area (Å²) in [6.45, 7) is 6.30. The van der Waals surface area contributed by atoms with Gasteiger partial charge in [-0.15, -0.1) is 0 Å². The lowest BCUT2D eigenvalue weighted by atomic mass is 10.2. The first kappa shape index (κ1) is 19.2. The molecule has 0 radical (unpaired) electrons. The Morgan fingerprint density at radius 1 is 1.22 bits per heavy atom. The maximum absolute atomic E-state index is 11.6. The standard InChI is InChI=1S/C21H25N3O2S/c1-4-16(5-2)26-19-12-18-20(11-17(19)23-14(3)25)27-21(22)24(18)13-15-9-7-6-8-10-15/h6-12,16,22H,4-5,13H2,1-3H3,(H,23,25). The van der Waals surface area contributed by atoms with Gasteiger partial charge in [0.2, 0.25) is 5.91 Å². The average Bonchev–Trinajstić information content (AvgIpc) is 2.94. The van der Waals surface area contributed by atoms with Gasteiger partial charge in [0.1, 0.15) is 5.75 Å². The summed E-state index contributed by atoms with van der Waals surface area (Å²) in [5.74, 6) is 0.523. The number of hydrogen-bond acceptors (Lipinski definition) is 4. The third kappa shape index (κ3) is 4.39. The Hall–Kier alpha value is -2.60. The van der Waals surface area contributed by atoms with Crippen molar-refractivity contribution < 1.29 is 9.53 Å². The van der Waals surface area contributed by atoms with Crippen molar-refractivity contribution in [3.05, 3.63) is 52.8 Å². The molecule has 5 nitrogen and oxygen atoms in total. The van der Waals surface area contributed by atoms with Crippen LogP contribution in [0.3, 0.4) is 0 Å². The van der Waals surface area contributed by atoms with Gasteiger partial charge < -0.3 is 14.6 Å². The quantitative estimate of drug-likeness (QED) is 0.618. The van der Waals surface area contributed by atoms with Gasteiger partial charge >= 0.3 is 0 Å². The van der Waals surface area contributed by atoms with Crippen LogP contribution in [-0.4, -0.2) is 16.6 Å². The zero-order chi connectivity index (χ0) is 19.4. The average molecular weight is 384 g/mol. The van der Waals surface area contributed by atoms with E-state index in [1.54, 1.807) is 0 Å². The van der Waals surface area contributed by atoms with Gasteiger partial charge in [-0.05, 0) is 24.5 Å². The number of aromatic nitrogens is 1. The van der Waals surface area contributed by atoms with Gasteiger partial charge in [0, 0.05) is 13.0 Å². The highest BCUT2D eigenvalue weighted by atomic mass is 32.1. The minimum atomic E-state index is -0.136. The van der Waals surface area contributed by atoms with E-state index in [0.717, 1.165) is 28.6 Å². The monoisotopic (exact) mass is 383 g/mol. The molecule has 2 aromatic carbocycles. The van der Waals surface area contributed by atoms with E-state index >= 15 is 0 Å². The maximum Gasteiger partial charge on any atom is 0.221 e. The summed E-state index contributed by atoms with van der Waals surface area (Å²) in [4.78, 5) is 12.1. The molecule has 0 fully saturated rings. The van der Waals surface area contributed by atoms with Gasteiger partial charge in [0.05, 0.1) is 28.6 Å². The molecule has 1 amide bonds. The van der Waals surface area contributed by atoms with E-state index in [9.17, 15) is 4.79 Å². The molecule has 0 aliphatic heterocycles. The fraction of sp³-hybridized carbons (Fsp3) is 0.333. The highest BCUT2D eigenvalue weighted by molar-refractivity contribution is 7.16. The number of benzene rings is 2. The predicted octanol–water partition coefficient (Wildman–Crippen LogP) is 4.76. The van der Waals surface area contributed by atoms with E-state index in [1.165, 1.54) is 18.3 Å². The number of nitrogens with one attached hydrogen (secondary N) is 2. The van der Waals surface area contributed by atoms with Crippen LogP contribution < -0.4 is 14.9 Å². The lowest BCUT2D eigenvalue weighted by Crippen LogP contribution is -2.17. The number of nitrogens with zero attached hydrogens (tertiary/aromatic N) is 1. The van der Waals surface area contributed by atoms with E-state index in [0.29, 0.717) is 22.8 Å². The second-order valence-electron chi connectivity index (χ2n) is 6.53. The molecule has 3 aromatic rings. The number of anilines is 1. The van der Waals surface area contributed by atoms with Crippen LogP contribution >= 0.6 is 11.3 Å². The van der Waals surface area contributed by atoms with Gasteiger partial charge in [-0.3, -0.25) is 10.2 Å². The summed E-state index contributed by atoms with van der Waals surface area (Å²) in [7, 11) is 0. The van der Waals surface area contributed by atoms with Gasteiger partial charge in [-0.1, -0.05) is 55.5 Å². The van der Waals surface area contributed by atoms with E-state index in [1.807, 2.05) is 34.9 Å². The molecule has 1 heterocycles. The summed E-state index contributed by atoms with van der Waals surface area (Å²) in [6, 6.07) is 14.0. The van der Waals surface area contributed by atoms with Crippen LogP contribution in [0.4, 0.5) is 5.69 Å². The molecule has 0 aliphatic rings. The summed E-state index contributed by atoms with van der Waals surface area (Å²) in [5.41, 5.74) is 2.75. The Labute approximate surface area is 163 Å². The van der Waals surface area contributed by atoms with Crippen LogP contribution in [0.1, 0.15) is 39.2 Å². The minimum absolute atomic E-state index is 0.0895. The van der Waals surface area contributed by atoms with Crippen molar-refractivity contribution in [1.82, 2.24) is 4.57 Å². The van der Waals surface area contributed by atoms with Crippen molar-refractivity contribution in [3.63, 3.8) is 0 Å². The van der Waals surface area contributed by atoms with Crippen molar-refractivity contribution in [1.29, 1.82) is 5.41 Å².